The second-order valence-electron chi connectivity index (χ2n) is 6.46. The molecule has 0 radical (unpaired) electrons. The van der Waals surface area contributed by atoms with E-state index in [1.54, 1.807) is 10.6 Å². The summed E-state index contributed by atoms with van der Waals surface area (Å²) in [5.74, 6) is -0.117. The molecule has 2 aromatic rings. The predicted molar refractivity (Wildman–Crippen MR) is 103 cm³/mol. The molecule has 5 heteroatoms. The van der Waals surface area contributed by atoms with Crippen LogP contribution in [0.25, 0.3) is 10.8 Å². The van der Waals surface area contributed by atoms with E-state index in [4.69, 9.17) is 0 Å². The van der Waals surface area contributed by atoms with Crippen molar-refractivity contribution < 1.29 is 4.79 Å². The van der Waals surface area contributed by atoms with Gasteiger partial charge in [-0.25, -0.2) is 0 Å². The molecule has 1 heterocycles. The maximum absolute atomic E-state index is 12.6. The molecule has 0 fully saturated rings. The number of hydrogen-bond acceptors (Lipinski definition) is 3. The monoisotopic (exact) mass is 343 g/mol. The molecule has 0 atom stereocenters. The van der Waals surface area contributed by atoms with Gasteiger partial charge in [-0.05, 0) is 50.4 Å². The highest BCUT2D eigenvalue weighted by molar-refractivity contribution is 5.82. The number of carbonyl (C=O) groups excluding carboxylic acids is 1. The first-order valence-electron chi connectivity index (χ1n) is 9.15. The number of carbonyl (C=O) groups is 1. The maximum Gasteiger partial charge on any atom is 0.259 e. The van der Waals surface area contributed by atoms with Crippen LogP contribution in [-0.4, -0.2) is 41.6 Å². The summed E-state index contributed by atoms with van der Waals surface area (Å²) in [5.41, 5.74) is 0.696. The number of nitrogens with one attached hydrogen (secondary N) is 1. The Morgan fingerprint density at radius 3 is 2.48 bits per heavy atom. The quantitative estimate of drug-likeness (QED) is 0.761. The number of fused-ring (bicyclic) bond motifs is 1. The molecule has 5 nitrogen and oxygen atoms in total. The molecule has 0 saturated carbocycles. The highest BCUT2D eigenvalue weighted by atomic mass is 16.2. The van der Waals surface area contributed by atoms with Gasteiger partial charge in [0.05, 0.1) is 0 Å². The normalized spacial score (nSPS) is 11.2. The molecule has 1 N–H and O–H groups in total. The number of nitrogens with zero attached hydrogens (tertiary/aromatic N) is 2. The molecule has 0 aliphatic rings. The fraction of sp³-hybridized carbons (Fsp3) is 0.500. The minimum absolute atomic E-state index is 0.0665. The van der Waals surface area contributed by atoms with Gasteiger partial charge in [0.25, 0.3) is 5.56 Å². The molecule has 0 aliphatic carbocycles. The SMILES string of the molecule is CCCN(CCC)CCNC(=O)Cn1c(C)cc2ccccc2c1=O. The number of hydrogen-bond donors (Lipinski definition) is 1. The molecule has 1 aromatic carbocycles. The van der Waals surface area contributed by atoms with Crippen LogP contribution in [-0.2, 0) is 11.3 Å². The third-order valence-electron chi connectivity index (χ3n) is 4.36. The molecule has 0 unspecified atom stereocenters. The van der Waals surface area contributed by atoms with Gasteiger partial charge in [-0.2, -0.15) is 0 Å². The van der Waals surface area contributed by atoms with E-state index in [0.717, 1.165) is 43.6 Å². The van der Waals surface area contributed by atoms with E-state index < -0.39 is 0 Å². The molecular weight excluding hydrogens is 314 g/mol. The number of aryl methyl sites for hydroxylation is 1. The minimum atomic E-state index is -0.117. The van der Waals surface area contributed by atoms with Crippen molar-refractivity contribution >= 4 is 16.7 Å². The van der Waals surface area contributed by atoms with Crippen LogP contribution in [0.4, 0.5) is 0 Å². The Bertz CT molecular complexity index is 761. The second kappa shape index (κ2) is 9.37. The topological polar surface area (TPSA) is 54.3 Å². The Hall–Kier alpha value is -2.14. The van der Waals surface area contributed by atoms with E-state index in [0.29, 0.717) is 11.9 Å². The van der Waals surface area contributed by atoms with Crippen LogP contribution in [0.5, 0.6) is 0 Å². The molecule has 0 bridgehead atoms. The van der Waals surface area contributed by atoms with Crippen LogP contribution in [0, 0.1) is 6.92 Å². The zero-order valence-corrected chi connectivity index (χ0v) is 15.5. The zero-order valence-electron chi connectivity index (χ0n) is 15.5. The summed E-state index contributed by atoms with van der Waals surface area (Å²) in [6, 6.07) is 9.44. The molecule has 0 spiro atoms. The number of amides is 1. The van der Waals surface area contributed by atoms with E-state index in [9.17, 15) is 9.59 Å². The highest BCUT2D eigenvalue weighted by Gasteiger charge is 2.10. The van der Waals surface area contributed by atoms with E-state index in [1.165, 1.54) is 0 Å². The first-order chi connectivity index (χ1) is 12.1. The summed E-state index contributed by atoms with van der Waals surface area (Å²) < 4.78 is 1.55. The van der Waals surface area contributed by atoms with E-state index in [2.05, 4.69) is 24.1 Å². The number of benzene rings is 1. The maximum atomic E-state index is 12.6. The average molecular weight is 343 g/mol. The molecule has 0 saturated heterocycles. The van der Waals surface area contributed by atoms with Crippen LogP contribution >= 0.6 is 0 Å². The van der Waals surface area contributed by atoms with Crippen molar-refractivity contribution in [3.63, 3.8) is 0 Å². The first kappa shape index (κ1) is 19.2. The molecule has 136 valence electrons. The van der Waals surface area contributed by atoms with Crippen molar-refractivity contribution in [2.45, 2.75) is 40.2 Å². The molecule has 2 rings (SSSR count). The lowest BCUT2D eigenvalue weighted by Gasteiger charge is -2.21. The fourth-order valence-electron chi connectivity index (χ4n) is 3.14. The van der Waals surface area contributed by atoms with Crippen LogP contribution < -0.4 is 10.9 Å². The lowest BCUT2D eigenvalue weighted by atomic mass is 10.1. The van der Waals surface area contributed by atoms with Gasteiger partial charge in [0.2, 0.25) is 5.91 Å². The van der Waals surface area contributed by atoms with Crippen LogP contribution in [0.2, 0.25) is 0 Å². The van der Waals surface area contributed by atoms with Crippen molar-refractivity contribution in [1.29, 1.82) is 0 Å². The van der Waals surface area contributed by atoms with E-state index in [-0.39, 0.29) is 18.0 Å². The van der Waals surface area contributed by atoms with Crippen molar-refractivity contribution in [3.05, 3.63) is 46.4 Å². The minimum Gasteiger partial charge on any atom is -0.353 e. The molecule has 1 amide bonds. The van der Waals surface area contributed by atoms with Crippen molar-refractivity contribution in [2.75, 3.05) is 26.2 Å². The van der Waals surface area contributed by atoms with Crippen LogP contribution in [0.15, 0.2) is 35.1 Å². The molecule has 0 aliphatic heterocycles. The fourth-order valence-corrected chi connectivity index (χ4v) is 3.14. The Balaban J connectivity index is 1.99. The lowest BCUT2D eigenvalue weighted by molar-refractivity contribution is -0.121. The highest BCUT2D eigenvalue weighted by Crippen LogP contribution is 2.11. The van der Waals surface area contributed by atoms with Crippen molar-refractivity contribution in [1.82, 2.24) is 14.8 Å². The summed E-state index contributed by atoms with van der Waals surface area (Å²) in [4.78, 5) is 27.2. The third kappa shape index (κ3) is 5.16. The number of rotatable bonds is 9. The van der Waals surface area contributed by atoms with Crippen molar-refractivity contribution in [2.24, 2.45) is 0 Å². The van der Waals surface area contributed by atoms with E-state index >= 15 is 0 Å². The Kier molecular flexibility index (Phi) is 7.19. The predicted octanol–water partition coefficient (Wildman–Crippen LogP) is 2.55. The molecule has 1 aromatic heterocycles. The van der Waals surface area contributed by atoms with Gasteiger partial charge in [-0.15, -0.1) is 0 Å². The summed E-state index contributed by atoms with van der Waals surface area (Å²) in [6.07, 6.45) is 2.22. The van der Waals surface area contributed by atoms with Crippen molar-refractivity contribution in [3.8, 4) is 0 Å². The van der Waals surface area contributed by atoms with Gasteiger partial charge in [-0.1, -0.05) is 32.0 Å². The van der Waals surface area contributed by atoms with Gasteiger partial charge in [0.1, 0.15) is 6.54 Å². The zero-order chi connectivity index (χ0) is 18.2. The Labute approximate surface area is 149 Å². The number of pyridine rings is 1. The summed E-state index contributed by atoms with van der Waals surface area (Å²) >= 11 is 0. The first-order valence-corrected chi connectivity index (χ1v) is 9.15. The smallest absolute Gasteiger partial charge is 0.259 e. The largest absolute Gasteiger partial charge is 0.353 e. The van der Waals surface area contributed by atoms with Gasteiger partial charge < -0.3 is 14.8 Å². The van der Waals surface area contributed by atoms with Gasteiger partial charge in [0.15, 0.2) is 0 Å². The standard InChI is InChI=1S/C20H29N3O2/c1-4-11-22(12-5-2)13-10-21-19(24)15-23-16(3)14-17-8-6-7-9-18(17)20(23)25/h6-9,14H,4-5,10-13,15H2,1-3H3,(H,21,24). The van der Waals surface area contributed by atoms with E-state index in [1.807, 2.05) is 31.2 Å². The average Bonchev–Trinajstić information content (AvgIpc) is 2.59. The Morgan fingerprint density at radius 1 is 1.12 bits per heavy atom. The second-order valence-corrected chi connectivity index (χ2v) is 6.46. The molecule has 25 heavy (non-hydrogen) atoms. The molecular formula is C20H29N3O2. The van der Waals surface area contributed by atoms with Gasteiger partial charge >= 0.3 is 0 Å². The van der Waals surface area contributed by atoms with Gasteiger partial charge in [0, 0.05) is 24.2 Å². The lowest BCUT2D eigenvalue weighted by Crippen LogP contribution is -2.38. The Morgan fingerprint density at radius 2 is 1.80 bits per heavy atom. The summed E-state index contributed by atoms with van der Waals surface area (Å²) in [5, 5.41) is 4.50. The summed E-state index contributed by atoms with van der Waals surface area (Å²) in [7, 11) is 0. The van der Waals surface area contributed by atoms with Crippen LogP contribution in [0.3, 0.4) is 0 Å². The summed E-state index contributed by atoms with van der Waals surface area (Å²) in [6.45, 7) is 9.81. The van der Waals surface area contributed by atoms with Gasteiger partial charge in [-0.3, -0.25) is 9.59 Å². The van der Waals surface area contributed by atoms with Crippen LogP contribution in [0.1, 0.15) is 32.4 Å². The third-order valence-corrected chi connectivity index (χ3v) is 4.36. The number of aromatic nitrogens is 1.